The number of hydrogen-bond donors (Lipinski definition) is 1. The molecule has 0 radical (unpaired) electrons. The van der Waals surface area contributed by atoms with Crippen LogP contribution in [0.5, 0.6) is 0 Å². The molecule has 0 aliphatic carbocycles. The Kier molecular flexibility index (Phi) is 2.02. The maximum atomic E-state index is 13.5. The molecule has 0 spiro atoms. The number of rotatable bonds is 0. The van der Waals surface area contributed by atoms with Gasteiger partial charge in [-0.05, 0) is 38.3 Å². The molecule has 0 amide bonds. The largest absolute Gasteiger partial charge is 0.380 e. The second kappa shape index (κ2) is 2.97. The van der Waals surface area contributed by atoms with Crippen LogP contribution in [0.2, 0.25) is 0 Å². The average Bonchev–Trinajstić information content (AvgIpc) is 2.08. The van der Waals surface area contributed by atoms with E-state index in [0.717, 1.165) is 17.7 Å². The van der Waals surface area contributed by atoms with Gasteiger partial charge in [0.15, 0.2) is 0 Å². The van der Waals surface area contributed by atoms with Gasteiger partial charge in [0.05, 0.1) is 0 Å². The highest BCUT2D eigenvalue weighted by atomic mass is 19.1. The van der Waals surface area contributed by atoms with Gasteiger partial charge in [-0.15, -0.1) is 0 Å². The van der Waals surface area contributed by atoms with Crippen molar-refractivity contribution in [2.45, 2.75) is 32.7 Å². The highest BCUT2D eigenvalue weighted by Crippen LogP contribution is 2.35. The van der Waals surface area contributed by atoms with Gasteiger partial charge >= 0.3 is 0 Å². The Morgan fingerprint density at radius 2 is 2.14 bits per heavy atom. The van der Waals surface area contributed by atoms with Crippen LogP contribution >= 0.6 is 0 Å². The monoisotopic (exact) mass is 193 g/mol. The molecule has 1 nitrogen and oxygen atoms in total. The first-order valence-corrected chi connectivity index (χ1v) is 5.06. The summed E-state index contributed by atoms with van der Waals surface area (Å²) in [7, 11) is 0. The molecule has 1 atom stereocenters. The van der Waals surface area contributed by atoms with Gasteiger partial charge in [0.1, 0.15) is 5.82 Å². The van der Waals surface area contributed by atoms with Gasteiger partial charge in [0.2, 0.25) is 0 Å². The van der Waals surface area contributed by atoms with Crippen LogP contribution in [0.25, 0.3) is 0 Å². The van der Waals surface area contributed by atoms with E-state index in [0.29, 0.717) is 5.92 Å². The lowest BCUT2D eigenvalue weighted by Crippen LogP contribution is -2.42. The number of halogens is 1. The molecule has 2 rings (SSSR count). The first-order valence-electron chi connectivity index (χ1n) is 5.06. The molecular formula is C12H16FN. The van der Waals surface area contributed by atoms with Crippen molar-refractivity contribution < 1.29 is 4.39 Å². The molecule has 1 unspecified atom stereocenters. The van der Waals surface area contributed by atoms with E-state index in [4.69, 9.17) is 0 Å². The van der Waals surface area contributed by atoms with Crippen molar-refractivity contribution in [1.29, 1.82) is 0 Å². The normalized spacial score (nSPS) is 23.9. The zero-order valence-electron chi connectivity index (χ0n) is 8.89. The van der Waals surface area contributed by atoms with E-state index in [1.807, 2.05) is 6.07 Å². The maximum absolute atomic E-state index is 13.5. The van der Waals surface area contributed by atoms with Crippen LogP contribution in [0.1, 0.15) is 26.3 Å². The first-order chi connectivity index (χ1) is 6.50. The summed E-state index contributed by atoms with van der Waals surface area (Å²) in [4.78, 5) is 0. The SMILES string of the molecule is CC1Cc2c(F)cccc2NC1(C)C. The summed E-state index contributed by atoms with van der Waals surface area (Å²) >= 11 is 0. The number of benzene rings is 1. The fraction of sp³-hybridized carbons (Fsp3) is 0.500. The summed E-state index contributed by atoms with van der Waals surface area (Å²) in [5, 5.41) is 3.39. The molecule has 2 heteroatoms. The van der Waals surface area contributed by atoms with Crippen LogP contribution in [0, 0.1) is 11.7 Å². The second-order valence-corrected chi connectivity index (χ2v) is 4.72. The first kappa shape index (κ1) is 9.50. The van der Waals surface area contributed by atoms with Gasteiger partial charge in [-0.2, -0.15) is 0 Å². The van der Waals surface area contributed by atoms with Gasteiger partial charge in [-0.25, -0.2) is 4.39 Å². The molecule has 0 bridgehead atoms. The predicted molar refractivity (Wildman–Crippen MR) is 57.0 cm³/mol. The summed E-state index contributed by atoms with van der Waals surface area (Å²) in [6.45, 7) is 6.47. The summed E-state index contributed by atoms with van der Waals surface area (Å²) in [6, 6.07) is 5.24. The molecule has 0 saturated heterocycles. The molecule has 1 aliphatic heterocycles. The van der Waals surface area contributed by atoms with Crippen molar-refractivity contribution in [1.82, 2.24) is 0 Å². The van der Waals surface area contributed by atoms with E-state index in [1.54, 1.807) is 6.07 Å². The standard InChI is InChI=1S/C12H16FN/c1-8-7-9-10(13)5-4-6-11(9)14-12(8,2)3/h4-6,8,14H,7H2,1-3H3. The topological polar surface area (TPSA) is 12.0 Å². The number of nitrogens with one attached hydrogen (secondary N) is 1. The fourth-order valence-electron chi connectivity index (χ4n) is 1.91. The van der Waals surface area contributed by atoms with E-state index in [-0.39, 0.29) is 11.4 Å². The Morgan fingerprint density at radius 1 is 1.43 bits per heavy atom. The quantitative estimate of drug-likeness (QED) is 0.667. The molecule has 1 aromatic rings. The zero-order valence-corrected chi connectivity index (χ0v) is 8.89. The van der Waals surface area contributed by atoms with Crippen molar-refractivity contribution in [2.24, 2.45) is 5.92 Å². The Labute approximate surface area is 84.3 Å². The molecular weight excluding hydrogens is 177 g/mol. The van der Waals surface area contributed by atoms with Crippen molar-refractivity contribution in [3.63, 3.8) is 0 Å². The predicted octanol–water partition coefficient (Wildman–Crippen LogP) is 3.21. The van der Waals surface area contributed by atoms with E-state index in [9.17, 15) is 4.39 Å². The lowest BCUT2D eigenvalue weighted by atomic mass is 9.80. The lowest BCUT2D eigenvalue weighted by Gasteiger charge is -2.39. The molecule has 1 N–H and O–H groups in total. The third kappa shape index (κ3) is 1.39. The Morgan fingerprint density at radius 3 is 2.86 bits per heavy atom. The van der Waals surface area contributed by atoms with Crippen molar-refractivity contribution in [3.8, 4) is 0 Å². The van der Waals surface area contributed by atoms with E-state index in [1.165, 1.54) is 6.07 Å². The van der Waals surface area contributed by atoms with Gasteiger partial charge in [0.25, 0.3) is 0 Å². The summed E-state index contributed by atoms with van der Waals surface area (Å²) in [5.41, 5.74) is 1.84. The highest BCUT2D eigenvalue weighted by molar-refractivity contribution is 5.56. The van der Waals surface area contributed by atoms with Crippen LogP contribution in [-0.4, -0.2) is 5.54 Å². The van der Waals surface area contributed by atoms with Gasteiger partial charge in [-0.3, -0.25) is 0 Å². The van der Waals surface area contributed by atoms with Crippen molar-refractivity contribution >= 4 is 5.69 Å². The molecule has 0 fully saturated rings. The molecule has 1 aromatic carbocycles. The Hall–Kier alpha value is -1.05. The number of hydrogen-bond acceptors (Lipinski definition) is 1. The number of anilines is 1. The molecule has 14 heavy (non-hydrogen) atoms. The van der Waals surface area contributed by atoms with Crippen LogP contribution in [0.4, 0.5) is 10.1 Å². The van der Waals surface area contributed by atoms with E-state index >= 15 is 0 Å². The minimum atomic E-state index is -0.0858. The second-order valence-electron chi connectivity index (χ2n) is 4.72. The summed E-state index contributed by atoms with van der Waals surface area (Å²) in [5.74, 6) is 0.365. The van der Waals surface area contributed by atoms with Crippen LogP contribution < -0.4 is 5.32 Å². The van der Waals surface area contributed by atoms with Crippen LogP contribution in [0.3, 0.4) is 0 Å². The molecule has 1 heterocycles. The van der Waals surface area contributed by atoms with Crippen LogP contribution in [-0.2, 0) is 6.42 Å². The third-order valence-corrected chi connectivity index (χ3v) is 3.32. The maximum Gasteiger partial charge on any atom is 0.128 e. The smallest absolute Gasteiger partial charge is 0.128 e. The van der Waals surface area contributed by atoms with Gasteiger partial charge < -0.3 is 5.32 Å². The summed E-state index contributed by atoms with van der Waals surface area (Å²) in [6.07, 6.45) is 0.821. The van der Waals surface area contributed by atoms with Crippen LogP contribution in [0.15, 0.2) is 18.2 Å². The molecule has 76 valence electrons. The van der Waals surface area contributed by atoms with Crippen molar-refractivity contribution in [3.05, 3.63) is 29.6 Å². The van der Waals surface area contributed by atoms with Gasteiger partial charge in [-0.1, -0.05) is 13.0 Å². The lowest BCUT2D eigenvalue weighted by molar-refractivity contribution is 0.356. The minimum absolute atomic E-state index is 0.0563. The van der Waals surface area contributed by atoms with E-state index in [2.05, 4.69) is 26.1 Å². The zero-order chi connectivity index (χ0) is 10.3. The third-order valence-electron chi connectivity index (χ3n) is 3.32. The Bertz CT molecular complexity index is 357. The molecule has 0 saturated carbocycles. The minimum Gasteiger partial charge on any atom is -0.380 e. The van der Waals surface area contributed by atoms with Gasteiger partial charge in [0, 0.05) is 16.8 Å². The summed E-state index contributed by atoms with van der Waals surface area (Å²) < 4.78 is 13.5. The van der Waals surface area contributed by atoms with Crippen molar-refractivity contribution in [2.75, 3.05) is 5.32 Å². The molecule has 1 aliphatic rings. The fourth-order valence-corrected chi connectivity index (χ4v) is 1.91. The average molecular weight is 193 g/mol. The Balaban J connectivity index is 2.45. The number of fused-ring (bicyclic) bond motifs is 1. The molecule has 0 aromatic heterocycles. The van der Waals surface area contributed by atoms with E-state index < -0.39 is 0 Å². The highest BCUT2D eigenvalue weighted by Gasteiger charge is 2.32.